The molecule has 1 saturated carbocycles. The summed E-state index contributed by atoms with van der Waals surface area (Å²) >= 11 is 7.57. The molecule has 0 saturated heterocycles. The van der Waals surface area contributed by atoms with Crippen LogP contribution in [0.25, 0.3) is 0 Å². The maximum atomic E-state index is 5.94. The van der Waals surface area contributed by atoms with Crippen molar-refractivity contribution in [3.8, 4) is 0 Å². The van der Waals surface area contributed by atoms with Crippen LogP contribution in [-0.2, 0) is 19.6 Å². The van der Waals surface area contributed by atoms with E-state index >= 15 is 0 Å². The summed E-state index contributed by atoms with van der Waals surface area (Å²) in [4.78, 5) is 3.51. The molecule has 102 valence electrons. The van der Waals surface area contributed by atoms with Crippen molar-refractivity contribution in [2.24, 2.45) is 5.92 Å². The van der Waals surface area contributed by atoms with Gasteiger partial charge in [-0.25, -0.2) is 0 Å². The molecular weight excluding hydrogens is 280 g/mol. The van der Waals surface area contributed by atoms with E-state index in [4.69, 9.17) is 11.6 Å². The Balaban J connectivity index is 1.53. The van der Waals surface area contributed by atoms with Gasteiger partial charge in [-0.05, 0) is 37.9 Å². The summed E-state index contributed by atoms with van der Waals surface area (Å²) in [5, 5.41) is 8.41. The fourth-order valence-electron chi connectivity index (χ4n) is 2.10. The van der Waals surface area contributed by atoms with Gasteiger partial charge >= 0.3 is 0 Å². The van der Waals surface area contributed by atoms with E-state index in [1.165, 1.54) is 17.7 Å². The molecule has 3 rings (SSSR count). The van der Waals surface area contributed by atoms with Gasteiger partial charge in [-0.2, -0.15) is 0 Å². The number of aromatic nitrogens is 3. The van der Waals surface area contributed by atoms with Gasteiger partial charge in [0.25, 0.3) is 0 Å². The Morgan fingerprint density at radius 3 is 2.95 bits per heavy atom. The Kier molecular flexibility index (Phi) is 3.86. The molecule has 1 fully saturated rings. The molecule has 6 heteroatoms. The van der Waals surface area contributed by atoms with Crippen LogP contribution in [-0.4, -0.2) is 26.9 Å². The summed E-state index contributed by atoms with van der Waals surface area (Å²) in [5.41, 5.74) is 1.03. The van der Waals surface area contributed by atoms with Gasteiger partial charge in [0.1, 0.15) is 0 Å². The molecule has 0 bridgehead atoms. The highest BCUT2D eigenvalue weighted by molar-refractivity contribution is 7.16. The van der Waals surface area contributed by atoms with Crippen LogP contribution in [0.5, 0.6) is 0 Å². The molecule has 0 spiro atoms. The van der Waals surface area contributed by atoms with Crippen molar-refractivity contribution < 1.29 is 0 Å². The van der Waals surface area contributed by atoms with Crippen LogP contribution in [0.4, 0.5) is 0 Å². The van der Waals surface area contributed by atoms with E-state index in [1.54, 1.807) is 11.3 Å². The highest BCUT2D eigenvalue weighted by Gasteiger charge is 2.22. The smallest absolute Gasteiger partial charge is 0.0967 e. The third kappa shape index (κ3) is 3.78. The van der Waals surface area contributed by atoms with Gasteiger partial charge in [-0.1, -0.05) is 16.8 Å². The minimum atomic E-state index is 0.820. The van der Waals surface area contributed by atoms with Gasteiger partial charge in [0.15, 0.2) is 0 Å². The van der Waals surface area contributed by atoms with Crippen LogP contribution in [0, 0.1) is 5.92 Å². The number of hydrogen-bond donors (Lipinski definition) is 0. The van der Waals surface area contributed by atoms with Crippen molar-refractivity contribution in [2.75, 3.05) is 7.05 Å². The minimum Gasteiger partial charge on any atom is -0.295 e. The first-order valence-electron chi connectivity index (χ1n) is 6.51. The lowest BCUT2D eigenvalue weighted by molar-refractivity contribution is 0.318. The molecule has 4 nitrogen and oxygen atoms in total. The Hall–Kier alpha value is -0.910. The second-order valence-corrected chi connectivity index (χ2v) is 7.05. The molecular formula is C13H17ClN4S. The average molecular weight is 297 g/mol. The summed E-state index contributed by atoms with van der Waals surface area (Å²) in [6, 6.07) is 4.02. The lowest BCUT2D eigenvalue weighted by Crippen LogP contribution is -2.16. The number of rotatable bonds is 6. The van der Waals surface area contributed by atoms with Gasteiger partial charge in [0.05, 0.1) is 10.0 Å². The highest BCUT2D eigenvalue weighted by atomic mass is 35.5. The van der Waals surface area contributed by atoms with E-state index in [2.05, 4.69) is 34.5 Å². The summed E-state index contributed by atoms with van der Waals surface area (Å²) in [7, 11) is 2.09. The van der Waals surface area contributed by atoms with Gasteiger partial charge < -0.3 is 0 Å². The van der Waals surface area contributed by atoms with Crippen molar-refractivity contribution in [3.63, 3.8) is 0 Å². The third-order valence-corrected chi connectivity index (χ3v) is 4.43. The summed E-state index contributed by atoms with van der Waals surface area (Å²) in [5.74, 6) is 0.834. The molecule has 1 aliphatic rings. The van der Waals surface area contributed by atoms with E-state index in [-0.39, 0.29) is 0 Å². The molecule has 0 unspecified atom stereocenters. The van der Waals surface area contributed by atoms with Crippen LogP contribution >= 0.6 is 22.9 Å². The number of halogens is 1. The fourth-order valence-corrected chi connectivity index (χ4v) is 3.27. The fraction of sp³-hybridized carbons (Fsp3) is 0.538. The number of hydrogen-bond acceptors (Lipinski definition) is 4. The first kappa shape index (κ1) is 13.1. The predicted octanol–water partition coefficient (Wildman–Crippen LogP) is 3.04. The maximum Gasteiger partial charge on any atom is 0.0967 e. The SMILES string of the molecule is CN(Cc1cn(CC2CC2)nn1)Cc1ccc(Cl)s1. The van der Waals surface area contributed by atoms with Crippen LogP contribution < -0.4 is 0 Å². The topological polar surface area (TPSA) is 34.0 Å². The Morgan fingerprint density at radius 2 is 2.26 bits per heavy atom. The van der Waals surface area contributed by atoms with Crippen molar-refractivity contribution in [3.05, 3.63) is 33.2 Å². The average Bonchev–Trinajstić information content (AvgIpc) is 2.91. The minimum absolute atomic E-state index is 0.820. The van der Waals surface area contributed by atoms with Gasteiger partial charge in [0.2, 0.25) is 0 Å². The van der Waals surface area contributed by atoms with Crippen LogP contribution in [0.1, 0.15) is 23.4 Å². The predicted molar refractivity (Wildman–Crippen MR) is 77.2 cm³/mol. The van der Waals surface area contributed by atoms with Crippen LogP contribution in [0.15, 0.2) is 18.3 Å². The molecule has 0 N–H and O–H groups in total. The number of thiophene rings is 1. The normalized spacial score (nSPS) is 15.3. The van der Waals surface area contributed by atoms with E-state index in [0.717, 1.165) is 35.6 Å². The van der Waals surface area contributed by atoms with Crippen molar-refractivity contribution in [1.29, 1.82) is 0 Å². The van der Waals surface area contributed by atoms with Crippen molar-refractivity contribution in [2.45, 2.75) is 32.5 Å². The Labute approximate surface area is 122 Å². The zero-order chi connectivity index (χ0) is 13.2. The maximum absolute atomic E-state index is 5.94. The standard InChI is InChI=1S/C13H17ClN4S/c1-17(9-12-4-5-13(14)19-12)7-11-8-18(16-15-11)6-10-2-3-10/h4-5,8,10H,2-3,6-7,9H2,1H3. The van der Waals surface area contributed by atoms with Crippen LogP contribution in [0.2, 0.25) is 4.34 Å². The summed E-state index contributed by atoms with van der Waals surface area (Å²) in [6.45, 7) is 2.74. The largest absolute Gasteiger partial charge is 0.295 e. The van der Waals surface area contributed by atoms with E-state index in [0.29, 0.717) is 0 Å². The second-order valence-electron chi connectivity index (χ2n) is 5.25. The van der Waals surface area contributed by atoms with Gasteiger partial charge in [-0.3, -0.25) is 9.58 Å². The summed E-state index contributed by atoms with van der Waals surface area (Å²) in [6.07, 6.45) is 4.75. The molecule has 0 atom stereocenters. The van der Waals surface area contributed by atoms with Crippen LogP contribution in [0.3, 0.4) is 0 Å². The van der Waals surface area contributed by atoms with E-state index in [9.17, 15) is 0 Å². The Bertz CT molecular complexity index is 546. The summed E-state index contributed by atoms with van der Waals surface area (Å²) < 4.78 is 2.82. The first-order chi connectivity index (χ1) is 9.19. The molecule has 0 radical (unpaired) electrons. The molecule has 0 aromatic carbocycles. The quantitative estimate of drug-likeness (QED) is 0.822. The van der Waals surface area contributed by atoms with Gasteiger partial charge in [0, 0.05) is 30.7 Å². The molecule has 19 heavy (non-hydrogen) atoms. The Morgan fingerprint density at radius 1 is 1.42 bits per heavy atom. The zero-order valence-electron chi connectivity index (χ0n) is 10.9. The molecule has 0 amide bonds. The molecule has 2 heterocycles. The van der Waals surface area contributed by atoms with Crippen molar-refractivity contribution in [1.82, 2.24) is 19.9 Å². The molecule has 0 aliphatic heterocycles. The van der Waals surface area contributed by atoms with E-state index in [1.807, 2.05) is 10.7 Å². The molecule has 2 aromatic rings. The second kappa shape index (κ2) is 5.61. The lowest BCUT2D eigenvalue weighted by Gasteiger charge is -2.13. The highest BCUT2D eigenvalue weighted by Crippen LogP contribution is 2.30. The van der Waals surface area contributed by atoms with Crippen molar-refractivity contribution >= 4 is 22.9 Å². The van der Waals surface area contributed by atoms with E-state index < -0.39 is 0 Å². The first-order valence-corrected chi connectivity index (χ1v) is 7.70. The third-order valence-electron chi connectivity index (χ3n) is 3.21. The molecule has 1 aliphatic carbocycles. The monoisotopic (exact) mass is 296 g/mol. The lowest BCUT2D eigenvalue weighted by atomic mass is 10.4. The number of nitrogens with zero attached hydrogens (tertiary/aromatic N) is 4. The zero-order valence-corrected chi connectivity index (χ0v) is 12.5. The molecule has 2 aromatic heterocycles. The van der Waals surface area contributed by atoms with Gasteiger partial charge in [-0.15, -0.1) is 16.4 Å².